The Kier molecular flexibility index (Phi) is 8.01. The van der Waals surface area contributed by atoms with Crippen LogP contribution in [0.3, 0.4) is 0 Å². The minimum atomic E-state index is 0.427. The molecular weight excluding hydrogens is 232 g/mol. The van der Waals surface area contributed by atoms with Crippen molar-refractivity contribution in [1.82, 2.24) is 10.2 Å². The highest BCUT2D eigenvalue weighted by Gasteiger charge is 2.27. The van der Waals surface area contributed by atoms with E-state index in [2.05, 4.69) is 38.0 Å². The Morgan fingerprint density at radius 3 is 2.26 bits per heavy atom. The van der Waals surface area contributed by atoms with Crippen LogP contribution < -0.4 is 5.32 Å². The molecule has 0 spiro atoms. The third-order valence-electron chi connectivity index (χ3n) is 4.91. The number of hydrogen-bond donors (Lipinski definition) is 1. The lowest BCUT2D eigenvalue weighted by atomic mass is 9.86. The molecule has 1 saturated carbocycles. The maximum atomic E-state index is 3.62. The summed E-state index contributed by atoms with van der Waals surface area (Å²) in [5.41, 5.74) is 0.427. The van der Waals surface area contributed by atoms with E-state index in [1.54, 1.807) is 0 Å². The van der Waals surface area contributed by atoms with Gasteiger partial charge in [0, 0.05) is 19.1 Å². The topological polar surface area (TPSA) is 15.3 Å². The molecule has 2 heteroatoms. The number of nitrogens with one attached hydrogen (secondary N) is 1. The summed E-state index contributed by atoms with van der Waals surface area (Å²) in [4.78, 5) is 2.66. The Morgan fingerprint density at radius 1 is 1.11 bits per heavy atom. The largest absolute Gasteiger partial charge is 0.316 e. The molecule has 0 amide bonds. The zero-order valence-electron chi connectivity index (χ0n) is 13.8. The average molecular weight is 268 g/mol. The van der Waals surface area contributed by atoms with E-state index in [0.717, 1.165) is 19.1 Å². The summed E-state index contributed by atoms with van der Waals surface area (Å²) < 4.78 is 0. The monoisotopic (exact) mass is 268 g/mol. The summed E-state index contributed by atoms with van der Waals surface area (Å²) in [7, 11) is 2.35. The summed E-state index contributed by atoms with van der Waals surface area (Å²) in [6.45, 7) is 10.6. The quantitative estimate of drug-likeness (QED) is 0.527. The first kappa shape index (κ1) is 17.0. The van der Waals surface area contributed by atoms with Gasteiger partial charge in [-0.1, -0.05) is 46.5 Å². The first-order chi connectivity index (χ1) is 9.11. The lowest BCUT2D eigenvalue weighted by Crippen LogP contribution is -2.44. The molecule has 0 aromatic carbocycles. The van der Waals surface area contributed by atoms with Crippen molar-refractivity contribution in [3.8, 4) is 0 Å². The van der Waals surface area contributed by atoms with Gasteiger partial charge in [-0.05, 0) is 44.7 Å². The molecule has 1 N–H and O–H groups in total. The van der Waals surface area contributed by atoms with Crippen LogP contribution in [-0.4, -0.2) is 37.6 Å². The van der Waals surface area contributed by atoms with Gasteiger partial charge in [0.2, 0.25) is 0 Å². The van der Waals surface area contributed by atoms with Crippen molar-refractivity contribution in [2.24, 2.45) is 5.41 Å². The highest BCUT2D eigenvalue weighted by molar-refractivity contribution is 4.82. The van der Waals surface area contributed by atoms with Crippen LogP contribution in [0.2, 0.25) is 0 Å². The molecule has 114 valence electrons. The molecule has 0 aliphatic heterocycles. The fraction of sp³-hybridized carbons (Fsp3) is 1.00. The molecule has 1 fully saturated rings. The van der Waals surface area contributed by atoms with Crippen molar-refractivity contribution in [3.63, 3.8) is 0 Å². The summed E-state index contributed by atoms with van der Waals surface area (Å²) >= 11 is 0. The smallest absolute Gasteiger partial charge is 0.00924 e. The summed E-state index contributed by atoms with van der Waals surface area (Å²) in [5.74, 6) is 0. The molecule has 2 nitrogen and oxygen atoms in total. The third-order valence-corrected chi connectivity index (χ3v) is 4.91. The average Bonchev–Trinajstić information content (AvgIpc) is 2.68. The van der Waals surface area contributed by atoms with Gasteiger partial charge in [-0.15, -0.1) is 0 Å². The summed E-state index contributed by atoms with van der Waals surface area (Å²) in [6.07, 6.45) is 11.1. The molecule has 0 heterocycles. The van der Waals surface area contributed by atoms with Crippen LogP contribution >= 0.6 is 0 Å². The third kappa shape index (κ3) is 6.27. The van der Waals surface area contributed by atoms with Crippen LogP contribution in [0.4, 0.5) is 0 Å². The normalized spacial score (nSPS) is 21.3. The van der Waals surface area contributed by atoms with Crippen LogP contribution in [0, 0.1) is 5.41 Å². The van der Waals surface area contributed by atoms with E-state index in [9.17, 15) is 0 Å². The number of nitrogens with zero attached hydrogens (tertiary/aromatic N) is 1. The van der Waals surface area contributed by atoms with E-state index < -0.39 is 0 Å². The molecule has 1 unspecified atom stereocenters. The first-order valence-electron chi connectivity index (χ1n) is 8.52. The van der Waals surface area contributed by atoms with Crippen LogP contribution in [0.1, 0.15) is 72.1 Å². The van der Waals surface area contributed by atoms with Gasteiger partial charge in [0.1, 0.15) is 0 Å². The molecule has 0 aromatic heterocycles. The molecule has 0 bridgehead atoms. The van der Waals surface area contributed by atoms with Gasteiger partial charge in [-0.3, -0.25) is 0 Å². The molecule has 19 heavy (non-hydrogen) atoms. The zero-order chi connectivity index (χ0) is 14.1. The lowest BCUT2D eigenvalue weighted by Gasteiger charge is -2.37. The minimum Gasteiger partial charge on any atom is -0.316 e. The molecule has 0 aromatic rings. The Balaban J connectivity index is 2.43. The van der Waals surface area contributed by atoms with Crippen molar-refractivity contribution in [2.45, 2.75) is 78.2 Å². The van der Waals surface area contributed by atoms with Crippen molar-refractivity contribution in [1.29, 1.82) is 0 Å². The van der Waals surface area contributed by atoms with Crippen molar-refractivity contribution in [3.05, 3.63) is 0 Å². The second kappa shape index (κ2) is 8.97. The molecule has 1 rings (SSSR count). The van der Waals surface area contributed by atoms with Gasteiger partial charge < -0.3 is 10.2 Å². The Morgan fingerprint density at radius 2 is 1.74 bits per heavy atom. The second-order valence-corrected chi connectivity index (χ2v) is 6.90. The van der Waals surface area contributed by atoms with E-state index in [1.165, 1.54) is 57.9 Å². The van der Waals surface area contributed by atoms with Crippen LogP contribution in [0.25, 0.3) is 0 Å². The van der Waals surface area contributed by atoms with E-state index in [0.29, 0.717) is 5.41 Å². The summed E-state index contributed by atoms with van der Waals surface area (Å²) in [5, 5.41) is 3.62. The van der Waals surface area contributed by atoms with Crippen LogP contribution in [0.15, 0.2) is 0 Å². The van der Waals surface area contributed by atoms with Gasteiger partial charge in [0.25, 0.3) is 0 Å². The van der Waals surface area contributed by atoms with E-state index in [1.807, 2.05) is 0 Å². The Bertz CT molecular complexity index is 221. The van der Waals surface area contributed by atoms with Crippen LogP contribution in [0.5, 0.6) is 0 Å². The maximum Gasteiger partial charge on any atom is 0.00924 e. The summed E-state index contributed by atoms with van der Waals surface area (Å²) in [6, 6.07) is 0.833. The second-order valence-electron chi connectivity index (χ2n) is 6.90. The predicted molar refractivity (Wildman–Crippen MR) is 85.7 cm³/mol. The molecule has 1 atom stereocenters. The van der Waals surface area contributed by atoms with E-state index in [4.69, 9.17) is 0 Å². The Labute approximate surface area is 121 Å². The fourth-order valence-electron chi connectivity index (χ4n) is 3.29. The molecule has 1 aliphatic carbocycles. The SMILES string of the molecule is CCCNCC(C)(CC)CN(C)C1CCCCCC1. The van der Waals surface area contributed by atoms with Crippen molar-refractivity contribution < 1.29 is 0 Å². The number of hydrogen-bond acceptors (Lipinski definition) is 2. The highest BCUT2D eigenvalue weighted by Crippen LogP contribution is 2.26. The van der Waals surface area contributed by atoms with Gasteiger partial charge in [-0.2, -0.15) is 0 Å². The molecule has 0 saturated heterocycles. The van der Waals surface area contributed by atoms with Crippen molar-refractivity contribution >= 4 is 0 Å². The molecular formula is C17H36N2. The van der Waals surface area contributed by atoms with Gasteiger partial charge in [-0.25, -0.2) is 0 Å². The first-order valence-corrected chi connectivity index (χ1v) is 8.52. The molecule has 1 aliphatic rings. The number of rotatable bonds is 8. The van der Waals surface area contributed by atoms with Gasteiger partial charge >= 0.3 is 0 Å². The van der Waals surface area contributed by atoms with Gasteiger partial charge in [0.15, 0.2) is 0 Å². The maximum absolute atomic E-state index is 3.62. The Hall–Kier alpha value is -0.0800. The highest BCUT2D eigenvalue weighted by atomic mass is 15.1. The zero-order valence-corrected chi connectivity index (χ0v) is 13.8. The lowest BCUT2D eigenvalue weighted by molar-refractivity contribution is 0.131. The van der Waals surface area contributed by atoms with E-state index >= 15 is 0 Å². The van der Waals surface area contributed by atoms with E-state index in [-0.39, 0.29) is 0 Å². The van der Waals surface area contributed by atoms with Crippen LogP contribution in [-0.2, 0) is 0 Å². The fourth-order valence-corrected chi connectivity index (χ4v) is 3.29. The minimum absolute atomic E-state index is 0.427. The standard InChI is InChI=1S/C17H36N2/c1-5-13-18-14-17(3,6-2)15-19(4)16-11-9-7-8-10-12-16/h16,18H,5-15H2,1-4H3. The van der Waals surface area contributed by atoms with Gasteiger partial charge in [0.05, 0.1) is 0 Å². The predicted octanol–water partition coefficient (Wildman–Crippen LogP) is 4.06. The molecule has 0 radical (unpaired) electrons. The van der Waals surface area contributed by atoms with Crippen molar-refractivity contribution in [2.75, 3.05) is 26.7 Å².